The van der Waals surface area contributed by atoms with E-state index in [0.29, 0.717) is 25.3 Å². The third-order valence-corrected chi connectivity index (χ3v) is 4.94. The van der Waals surface area contributed by atoms with Crippen molar-refractivity contribution in [2.75, 3.05) is 11.4 Å². The van der Waals surface area contributed by atoms with E-state index in [1.807, 2.05) is 12.1 Å². The molecule has 1 unspecified atom stereocenters. The smallest absolute Gasteiger partial charge is 0.364 e. The van der Waals surface area contributed by atoms with Crippen LogP contribution in [-0.2, 0) is 11.0 Å². The lowest BCUT2D eigenvalue weighted by Gasteiger charge is -2.37. The molecule has 3 rings (SSSR count). The monoisotopic (exact) mass is 361 g/mol. The average molecular weight is 361 g/mol. The summed E-state index contributed by atoms with van der Waals surface area (Å²) < 4.78 is 38.4. The van der Waals surface area contributed by atoms with Gasteiger partial charge in [-0.2, -0.15) is 13.2 Å². The number of hydrogen-bond donors (Lipinski definition) is 0. The maximum atomic E-state index is 12.8. The highest BCUT2D eigenvalue weighted by Gasteiger charge is 2.32. The van der Waals surface area contributed by atoms with E-state index in [2.05, 4.69) is 30.9 Å². The molecule has 26 heavy (non-hydrogen) atoms. The minimum atomic E-state index is -4.35. The number of piperidine rings is 1. The number of halogens is 3. The van der Waals surface area contributed by atoms with Gasteiger partial charge in [0.2, 0.25) is 0 Å². The maximum absolute atomic E-state index is 12.8. The van der Waals surface area contributed by atoms with Gasteiger partial charge in [0.05, 0.1) is 11.6 Å². The van der Waals surface area contributed by atoms with Gasteiger partial charge >= 0.3 is 6.18 Å². The van der Waals surface area contributed by atoms with Crippen molar-refractivity contribution in [3.8, 4) is 0 Å². The number of Topliss-reactive ketones (excluding diaryl/α,β-unsaturated/α-hetero) is 1. The van der Waals surface area contributed by atoms with Crippen LogP contribution in [0, 0.1) is 0 Å². The molecule has 1 aliphatic heterocycles. The number of nitrogens with zero attached hydrogens (tertiary/aromatic N) is 1. The number of ketones is 1. The summed E-state index contributed by atoms with van der Waals surface area (Å²) in [5.41, 5.74) is 2.29. The zero-order valence-corrected chi connectivity index (χ0v) is 14.9. The SMILES string of the molecule is CC(C)c1ccc(N2CCC(=O)CC2c2ccc(C(F)(F)F)cc2)cc1. The summed E-state index contributed by atoms with van der Waals surface area (Å²) >= 11 is 0. The highest BCUT2D eigenvalue weighted by atomic mass is 19.4. The second-order valence-corrected chi connectivity index (χ2v) is 7.07. The predicted octanol–water partition coefficient (Wildman–Crippen LogP) is 5.74. The molecule has 2 aromatic carbocycles. The van der Waals surface area contributed by atoms with Crippen LogP contribution in [-0.4, -0.2) is 12.3 Å². The van der Waals surface area contributed by atoms with E-state index >= 15 is 0 Å². The molecule has 1 heterocycles. The third-order valence-electron chi connectivity index (χ3n) is 4.94. The van der Waals surface area contributed by atoms with Crippen LogP contribution < -0.4 is 4.90 Å². The van der Waals surface area contributed by atoms with Gasteiger partial charge < -0.3 is 4.90 Å². The Morgan fingerprint density at radius 2 is 1.62 bits per heavy atom. The molecule has 0 spiro atoms. The molecule has 0 aromatic heterocycles. The van der Waals surface area contributed by atoms with E-state index in [-0.39, 0.29) is 11.8 Å². The Bertz CT molecular complexity index is 763. The molecular weight excluding hydrogens is 339 g/mol. The number of benzene rings is 2. The second-order valence-electron chi connectivity index (χ2n) is 7.07. The van der Waals surface area contributed by atoms with Gasteiger partial charge in [-0.05, 0) is 41.3 Å². The molecule has 138 valence electrons. The summed E-state index contributed by atoms with van der Waals surface area (Å²) in [4.78, 5) is 14.1. The van der Waals surface area contributed by atoms with Gasteiger partial charge in [-0.1, -0.05) is 38.1 Å². The molecule has 0 radical (unpaired) electrons. The van der Waals surface area contributed by atoms with Crippen LogP contribution in [0.1, 0.15) is 55.3 Å². The molecule has 0 saturated carbocycles. The van der Waals surface area contributed by atoms with Crippen LogP contribution in [0.2, 0.25) is 0 Å². The molecule has 0 amide bonds. The van der Waals surface area contributed by atoms with E-state index < -0.39 is 11.7 Å². The van der Waals surface area contributed by atoms with Gasteiger partial charge in [0.1, 0.15) is 5.78 Å². The van der Waals surface area contributed by atoms with Crippen molar-refractivity contribution in [2.24, 2.45) is 0 Å². The Hall–Kier alpha value is -2.30. The Kier molecular flexibility index (Phi) is 5.08. The normalized spacial score (nSPS) is 18.5. The van der Waals surface area contributed by atoms with Gasteiger partial charge in [-0.15, -0.1) is 0 Å². The van der Waals surface area contributed by atoms with Crippen molar-refractivity contribution in [2.45, 2.75) is 44.8 Å². The molecule has 1 fully saturated rings. The first-order valence-electron chi connectivity index (χ1n) is 8.81. The topological polar surface area (TPSA) is 20.3 Å². The van der Waals surface area contributed by atoms with Crippen LogP contribution in [0.5, 0.6) is 0 Å². The van der Waals surface area contributed by atoms with Crippen LogP contribution in [0.15, 0.2) is 48.5 Å². The van der Waals surface area contributed by atoms with Crippen molar-refractivity contribution >= 4 is 11.5 Å². The standard InChI is InChI=1S/C21H22F3NO/c1-14(2)15-5-9-18(10-6-15)25-12-11-19(26)13-20(25)16-3-7-17(8-4-16)21(22,23)24/h3-10,14,20H,11-13H2,1-2H3. The molecule has 1 saturated heterocycles. The summed E-state index contributed by atoms with van der Waals surface area (Å²) in [6.45, 7) is 4.82. The van der Waals surface area contributed by atoms with E-state index in [1.54, 1.807) is 0 Å². The maximum Gasteiger partial charge on any atom is 0.416 e. The number of carbonyl (C=O) groups excluding carboxylic acids is 1. The summed E-state index contributed by atoms with van der Waals surface area (Å²) in [6.07, 6.45) is -3.58. The van der Waals surface area contributed by atoms with E-state index in [9.17, 15) is 18.0 Å². The number of carbonyl (C=O) groups is 1. The van der Waals surface area contributed by atoms with Gasteiger partial charge in [-0.25, -0.2) is 0 Å². The minimum Gasteiger partial charge on any atom is -0.364 e. The largest absolute Gasteiger partial charge is 0.416 e. The molecule has 1 atom stereocenters. The Morgan fingerprint density at radius 1 is 1.00 bits per heavy atom. The lowest BCUT2D eigenvalue weighted by atomic mass is 9.92. The fourth-order valence-electron chi connectivity index (χ4n) is 3.38. The minimum absolute atomic E-state index is 0.143. The zero-order chi connectivity index (χ0) is 18.9. The Morgan fingerprint density at radius 3 is 2.15 bits per heavy atom. The van der Waals surface area contributed by atoms with Crippen molar-refractivity contribution in [3.05, 3.63) is 65.2 Å². The van der Waals surface area contributed by atoms with E-state index in [0.717, 1.165) is 23.4 Å². The molecule has 0 N–H and O–H groups in total. The molecule has 2 aromatic rings. The van der Waals surface area contributed by atoms with Crippen molar-refractivity contribution in [1.82, 2.24) is 0 Å². The van der Waals surface area contributed by atoms with Crippen molar-refractivity contribution in [3.63, 3.8) is 0 Å². The molecule has 2 nitrogen and oxygen atoms in total. The first-order valence-corrected chi connectivity index (χ1v) is 8.81. The van der Waals surface area contributed by atoms with E-state index in [1.165, 1.54) is 17.7 Å². The predicted molar refractivity (Wildman–Crippen MR) is 96.3 cm³/mol. The van der Waals surface area contributed by atoms with Gasteiger partial charge in [-0.3, -0.25) is 4.79 Å². The summed E-state index contributed by atoms with van der Waals surface area (Å²) in [5.74, 6) is 0.572. The Balaban J connectivity index is 1.90. The summed E-state index contributed by atoms with van der Waals surface area (Å²) in [5, 5.41) is 0. The van der Waals surface area contributed by atoms with Crippen LogP contribution >= 0.6 is 0 Å². The molecule has 0 aliphatic carbocycles. The summed E-state index contributed by atoms with van der Waals surface area (Å²) in [6, 6.07) is 13.1. The molecule has 5 heteroatoms. The fraction of sp³-hybridized carbons (Fsp3) is 0.381. The highest BCUT2D eigenvalue weighted by molar-refractivity contribution is 5.82. The van der Waals surface area contributed by atoms with Gasteiger partial charge in [0.25, 0.3) is 0 Å². The van der Waals surface area contributed by atoms with Crippen molar-refractivity contribution < 1.29 is 18.0 Å². The van der Waals surface area contributed by atoms with Crippen LogP contribution in [0.3, 0.4) is 0 Å². The molecule has 1 aliphatic rings. The summed E-state index contributed by atoms with van der Waals surface area (Å²) in [7, 11) is 0. The number of alkyl halides is 3. The third kappa shape index (κ3) is 3.92. The van der Waals surface area contributed by atoms with Gasteiger partial charge in [0.15, 0.2) is 0 Å². The molecule has 0 bridgehead atoms. The molecular formula is C21H22F3NO. The first kappa shape index (κ1) is 18.5. The number of hydrogen-bond acceptors (Lipinski definition) is 2. The first-order chi connectivity index (χ1) is 12.3. The fourth-order valence-corrected chi connectivity index (χ4v) is 3.38. The van der Waals surface area contributed by atoms with E-state index in [4.69, 9.17) is 0 Å². The average Bonchev–Trinajstić information content (AvgIpc) is 2.61. The Labute approximate surface area is 151 Å². The zero-order valence-electron chi connectivity index (χ0n) is 14.9. The number of rotatable bonds is 3. The second kappa shape index (κ2) is 7.14. The van der Waals surface area contributed by atoms with Crippen molar-refractivity contribution in [1.29, 1.82) is 0 Å². The van der Waals surface area contributed by atoms with Gasteiger partial charge in [0, 0.05) is 25.1 Å². The van der Waals surface area contributed by atoms with Crippen LogP contribution in [0.4, 0.5) is 18.9 Å². The lowest BCUT2D eigenvalue weighted by molar-refractivity contribution is -0.137. The number of anilines is 1. The quantitative estimate of drug-likeness (QED) is 0.695. The highest BCUT2D eigenvalue weighted by Crippen LogP contribution is 2.36. The lowest BCUT2D eigenvalue weighted by Crippen LogP contribution is -2.37. The van der Waals surface area contributed by atoms with Crippen LogP contribution in [0.25, 0.3) is 0 Å².